The molecule has 5 heteroatoms. The van der Waals surface area contributed by atoms with Gasteiger partial charge in [-0.3, -0.25) is 0 Å². The lowest BCUT2D eigenvalue weighted by Gasteiger charge is -2.23. The van der Waals surface area contributed by atoms with E-state index in [0.29, 0.717) is 22.5 Å². The smallest absolute Gasteiger partial charge is 0.164 e. The van der Waals surface area contributed by atoms with Gasteiger partial charge in [-0.1, -0.05) is 141 Å². The van der Waals surface area contributed by atoms with Crippen LogP contribution < -0.4 is 0 Å². The summed E-state index contributed by atoms with van der Waals surface area (Å²) in [6, 6.07) is 41.1. The Morgan fingerprint density at radius 1 is 0.566 bits per heavy atom. The largest absolute Gasteiger partial charge is 0.456 e. The summed E-state index contributed by atoms with van der Waals surface area (Å²) in [5.41, 5.74) is 10.8. The van der Waals surface area contributed by atoms with Crippen LogP contribution in [0.25, 0.3) is 94.7 Å². The molecule has 250 valence electrons. The number of aromatic nitrogens is 4. The summed E-state index contributed by atoms with van der Waals surface area (Å²) < 4.78 is 51.2. The lowest BCUT2D eigenvalue weighted by Crippen LogP contribution is -2.16. The summed E-state index contributed by atoms with van der Waals surface area (Å²) >= 11 is 0. The molecule has 10 aromatic rings. The number of furan rings is 1. The lowest BCUT2D eigenvalue weighted by molar-refractivity contribution is 0.664. The third kappa shape index (κ3) is 4.34. The molecule has 3 heterocycles. The Morgan fingerprint density at radius 2 is 1.28 bits per heavy atom. The van der Waals surface area contributed by atoms with Gasteiger partial charge in [-0.2, -0.15) is 0 Å². The molecule has 0 fully saturated rings. The van der Waals surface area contributed by atoms with Crippen molar-refractivity contribution < 1.29 is 11.3 Å². The first kappa shape index (κ1) is 25.2. The number of hydrogen-bond donors (Lipinski definition) is 0. The Hall–Kier alpha value is -6.85. The van der Waals surface area contributed by atoms with E-state index in [1.54, 1.807) is 0 Å². The summed E-state index contributed by atoms with van der Waals surface area (Å²) in [7, 11) is 0. The van der Waals surface area contributed by atoms with Crippen molar-refractivity contribution in [2.24, 2.45) is 0 Å². The molecule has 0 radical (unpaired) electrons. The molecule has 0 atom stereocenters. The van der Waals surface area contributed by atoms with Crippen molar-refractivity contribution >= 4 is 43.7 Å². The first-order valence-corrected chi connectivity index (χ1v) is 17.6. The second kappa shape index (κ2) is 11.1. The van der Waals surface area contributed by atoms with Crippen molar-refractivity contribution in [2.75, 3.05) is 0 Å². The fourth-order valence-electron chi connectivity index (χ4n) is 8.39. The number of hydrogen-bond acceptors (Lipinski definition) is 4. The zero-order valence-corrected chi connectivity index (χ0v) is 28.8. The average Bonchev–Trinajstić information content (AvgIpc) is 3.87. The number of nitrogens with zero attached hydrogens (tertiary/aromatic N) is 4. The molecule has 1 aliphatic carbocycles. The quantitative estimate of drug-likeness (QED) is 0.185. The van der Waals surface area contributed by atoms with Crippen LogP contribution in [0.5, 0.6) is 0 Å². The Kier molecular flexibility index (Phi) is 5.26. The van der Waals surface area contributed by atoms with Crippen LogP contribution in [-0.4, -0.2) is 19.5 Å². The first-order valence-electron chi connectivity index (χ1n) is 20.1. The van der Waals surface area contributed by atoms with E-state index in [9.17, 15) is 0 Å². The predicted molar refractivity (Wildman–Crippen MR) is 215 cm³/mol. The normalized spacial score (nSPS) is 14.6. The number of para-hydroxylation sites is 1. The zero-order valence-electron chi connectivity index (χ0n) is 33.8. The van der Waals surface area contributed by atoms with Crippen LogP contribution in [-0.2, 0) is 5.41 Å². The summed E-state index contributed by atoms with van der Waals surface area (Å²) in [6.07, 6.45) is 0. The first-order chi connectivity index (χ1) is 28.1. The number of benzene rings is 7. The summed E-state index contributed by atoms with van der Waals surface area (Å²) in [5.74, 6) is 0.568. The third-order valence-corrected chi connectivity index (χ3v) is 10.7. The molecule has 11 rings (SSSR count). The second-order valence-electron chi connectivity index (χ2n) is 14.0. The van der Waals surface area contributed by atoms with E-state index in [-0.39, 0.29) is 34.7 Å². The molecule has 7 aromatic carbocycles. The average molecular weight is 686 g/mol. The standard InChI is InChI=1S/C48H32N4O/c1-48(2)37-20-11-9-18-32(37)34-26-27-35-33-19-10-12-21-38(33)52(44(35)43(34)48)39-22-13-23-40-42(39)36-25-24-31(28-41(36)53-40)47-50-45(29-14-5-3-6-15-29)49-46(51-47)30-16-7-4-8-17-30/h3-28H,1-2H3/i3D,5D,6D,14D,15D. The highest BCUT2D eigenvalue weighted by atomic mass is 16.3. The molecular formula is C48H32N4O. The van der Waals surface area contributed by atoms with Crippen LogP contribution in [0.15, 0.2) is 162 Å². The highest BCUT2D eigenvalue weighted by Crippen LogP contribution is 2.53. The summed E-state index contributed by atoms with van der Waals surface area (Å²) in [6.45, 7) is 4.64. The molecule has 0 unspecified atom stereocenters. The molecule has 0 spiro atoms. The van der Waals surface area contributed by atoms with Crippen molar-refractivity contribution in [1.82, 2.24) is 19.5 Å². The zero-order chi connectivity index (χ0) is 39.6. The van der Waals surface area contributed by atoms with Crippen LogP contribution in [0, 0.1) is 0 Å². The molecule has 0 aliphatic heterocycles. The maximum Gasteiger partial charge on any atom is 0.164 e. The van der Waals surface area contributed by atoms with Crippen LogP contribution in [0.4, 0.5) is 0 Å². The molecule has 0 saturated carbocycles. The van der Waals surface area contributed by atoms with Crippen LogP contribution in [0.3, 0.4) is 0 Å². The van der Waals surface area contributed by atoms with Crippen molar-refractivity contribution in [1.29, 1.82) is 0 Å². The third-order valence-electron chi connectivity index (χ3n) is 10.7. The second-order valence-corrected chi connectivity index (χ2v) is 14.0. The van der Waals surface area contributed by atoms with Crippen molar-refractivity contribution in [3.05, 3.63) is 169 Å². The van der Waals surface area contributed by atoms with E-state index >= 15 is 0 Å². The molecule has 0 N–H and O–H groups in total. The molecule has 1 aliphatic rings. The van der Waals surface area contributed by atoms with E-state index < -0.39 is 18.1 Å². The minimum atomic E-state index is -0.481. The molecular weight excluding hydrogens is 649 g/mol. The SMILES string of the molecule is [2H]c1c([2H])c([2H])c(-c2nc(-c3ccccc3)nc(-c3ccc4c(c3)oc3cccc(-n5c6ccccc6c6ccc7c(c65)C(C)(C)c5ccccc5-7)c34)n2)c([2H])c1[2H]. The molecule has 5 nitrogen and oxygen atoms in total. The van der Waals surface area contributed by atoms with Gasteiger partial charge >= 0.3 is 0 Å². The Bertz CT molecular complexity index is 3360. The van der Waals surface area contributed by atoms with Gasteiger partial charge in [0.2, 0.25) is 0 Å². The van der Waals surface area contributed by atoms with Gasteiger partial charge in [-0.15, -0.1) is 0 Å². The summed E-state index contributed by atoms with van der Waals surface area (Å²) in [4.78, 5) is 14.3. The minimum absolute atomic E-state index is 0.0168. The Morgan fingerprint density at radius 3 is 2.13 bits per heavy atom. The van der Waals surface area contributed by atoms with Gasteiger partial charge in [-0.25, -0.2) is 15.0 Å². The van der Waals surface area contributed by atoms with Gasteiger partial charge < -0.3 is 8.98 Å². The monoisotopic (exact) mass is 685 g/mol. The maximum atomic E-state index is 8.68. The molecule has 0 amide bonds. The molecule has 53 heavy (non-hydrogen) atoms. The van der Waals surface area contributed by atoms with E-state index in [1.807, 2.05) is 60.7 Å². The van der Waals surface area contributed by atoms with Gasteiger partial charge in [0.15, 0.2) is 17.5 Å². The fraction of sp³-hybridized carbons (Fsp3) is 0.0625. The van der Waals surface area contributed by atoms with Gasteiger partial charge in [0.25, 0.3) is 0 Å². The Labute approximate surface area is 312 Å². The molecule has 3 aromatic heterocycles. The van der Waals surface area contributed by atoms with E-state index in [1.165, 1.54) is 38.5 Å². The molecule has 0 bridgehead atoms. The maximum absolute atomic E-state index is 8.68. The number of fused-ring (bicyclic) bond motifs is 10. The van der Waals surface area contributed by atoms with Crippen LogP contribution in [0.2, 0.25) is 0 Å². The van der Waals surface area contributed by atoms with Gasteiger partial charge in [0.05, 0.1) is 29.0 Å². The van der Waals surface area contributed by atoms with E-state index in [0.717, 1.165) is 27.6 Å². The molecule has 0 saturated heterocycles. The highest BCUT2D eigenvalue weighted by molar-refractivity contribution is 6.16. The highest BCUT2D eigenvalue weighted by Gasteiger charge is 2.38. The van der Waals surface area contributed by atoms with Crippen molar-refractivity contribution in [3.8, 4) is 51.0 Å². The van der Waals surface area contributed by atoms with Crippen molar-refractivity contribution in [3.63, 3.8) is 0 Å². The van der Waals surface area contributed by atoms with E-state index in [2.05, 4.69) is 90.1 Å². The fourth-order valence-corrected chi connectivity index (χ4v) is 8.39. The van der Waals surface area contributed by atoms with Gasteiger partial charge in [0, 0.05) is 38.3 Å². The topological polar surface area (TPSA) is 56.7 Å². The van der Waals surface area contributed by atoms with E-state index in [4.69, 9.17) is 21.2 Å². The van der Waals surface area contributed by atoms with Crippen LogP contribution in [0.1, 0.15) is 31.8 Å². The number of rotatable bonds is 4. The van der Waals surface area contributed by atoms with Gasteiger partial charge in [0.1, 0.15) is 11.2 Å². The van der Waals surface area contributed by atoms with Gasteiger partial charge in [-0.05, 0) is 52.6 Å². The predicted octanol–water partition coefficient (Wildman–Crippen LogP) is 12.2. The van der Waals surface area contributed by atoms with Crippen molar-refractivity contribution in [2.45, 2.75) is 19.3 Å². The minimum Gasteiger partial charge on any atom is -0.456 e. The van der Waals surface area contributed by atoms with Crippen LogP contribution >= 0.6 is 0 Å². The Balaban J connectivity index is 1.14. The summed E-state index contributed by atoms with van der Waals surface area (Å²) in [5, 5.41) is 4.26. The lowest BCUT2D eigenvalue weighted by atomic mass is 9.81.